The van der Waals surface area contributed by atoms with Crippen molar-refractivity contribution in [3.8, 4) is 0 Å². The van der Waals surface area contributed by atoms with Crippen LogP contribution in [0.1, 0.15) is 30.1 Å². The van der Waals surface area contributed by atoms with Crippen molar-refractivity contribution >= 4 is 11.6 Å². The number of rotatable bonds is 3. The van der Waals surface area contributed by atoms with Crippen molar-refractivity contribution in [2.45, 2.75) is 25.7 Å². The molecule has 0 aromatic carbocycles. The van der Waals surface area contributed by atoms with Gasteiger partial charge in [-0.25, -0.2) is 9.97 Å². The van der Waals surface area contributed by atoms with Gasteiger partial charge < -0.3 is 15.5 Å². The van der Waals surface area contributed by atoms with E-state index in [4.69, 9.17) is 4.98 Å². The average molecular weight is 247 g/mol. The maximum atomic E-state index is 4.81. The molecule has 1 aromatic heterocycles. The summed E-state index contributed by atoms with van der Waals surface area (Å²) in [6.07, 6.45) is 2.49. The van der Waals surface area contributed by atoms with Crippen LogP contribution in [-0.2, 0) is 0 Å². The minimum absolute atomic E-state index is 0.597. The van der Waals surface area contributed by atoms with Crippen LogP contribution in [0.2, 0.25) is 0 Å². The minimum Gasteiger partial charge on any atom is -0.373 e. The molecule has 0 atom stereocenters. The van der Waals surface area contributed by atoms with Gasteiger partial charge in [0.2, 0.25) is 0 Å². The number of nitrogens with zero attached hydrogens (tertiary/aromatic N) is 3. The highest BCUT2D eigenvalue weighted by Gasteiger charge is 2.29. The summed E-state index contributed by atoms with van der Waals surface area (Å²) in [6, 6.07) is 0. The van der Waals surface area contributed by atoms with Crippen molar-refractivity contribution < 1.29 is 0 Å². The van der Waals surface area contributed by atoms with Crippen LogP contribution in [0.5, 0.6) is 0 Å². The highest BCUT2D eigenvalue weighted by Crippen LogP contribution is 2.40. The van der Waals surface area contributed by atoms with E-state index in [0.29, 0.717) is 5.92 Å². The fraction of sp³-hybridized carbons (Fsp3) is 0.692. The van der Waals surface area contributed by atoms with Crippen LogP contribution < -0.4 is 15.5 Å². The third kappa shape index (κ3) is 2.14. The fourth-order valence-electron chi connectivity index (χ4n) is 2.47. The van der Waals surface area contributed by atoms with Gasteiger partial charge in [0.25, 0.3) is 0 Å². The first-order valence-corrected chi connectivity index (χ1v) is 6.81. The van der Waals surface area contributed by atoms with Crippen LogP contribution >= 0.6 is 0 Å². The van der Waals surface area contributed by atoms with Crippen molar-refractivity contribution in [1.82, 2.24) is 15.3 Å². The number of hydrogen-bond acceptors (Lipinski definition) is 5. The summed E-state index contributed by atoms with van der Waals surface area (Å²) in [6.45, 7) is 6.25. The lowest BCUT2D eigenvalue weighted by Gasteiger charge is -2.30. The van der Waals surface area contributed by atoms with Crippen LogP contribution in [0, 0.1) is 6.92 Å². The van der Waals surface area contributed by atoms with Crippen molar-refractivity contribution in [2.75, 3.05) is 43.4 Å². The average Bonchev–Trinajstić information content (AvgIpc) is 3.24. The van der Waals surface area contributed by atoms with E-state index in [0.717, 1.165) is 43.6 Å². The Kier molecular flexibility index (Phi) is 3.07. The quantitative estimate of drug-likeness (QED) is 0.838. The first kappa shape index (κ1) is 11.7. The van der Waals surface area contributed by atoms with Gasteiger partial charge in [0.15, 0.2) is 0 Å². The molecule has 0 bridgehead atoms. The lowest BCUT2D eigenvalue weighted by Crippen LogP contribution is -2.44. The maximum absolute atomic E-state index is 4.81. The van der Waals surface area contributed by atoms with Crippen LogP contribution in [0.3, 0.4) is 0 Å². The predicted octanol–water partition coefficient (Wildman–Crippen LogP) is 1.11. The Morgan fingerprint density at radius 3 is 2.56 bits per heavy atom. The zero-order valence-corrected chi connectivity index (χ0v) is 11.2. The first-order valence-electron chi connectivity index (χ1n) is 6.81. The highest BCUT2D eigenvalue weighted by molar-refractivity contribution is 5.59. The summed E-state index contributed by atoms with van der Waals surface area (Å²) >= 11 is 0. The first-order chi connectivity index (χ1) is 8.79. The molecule has 0 unspecified atom stereocenters. The zero-order chi connectivity index (χ0) is 12.5. The molecular weight excluding hydrogens is 226 g/mol. The number of aromatic nitrogens is 2. The lowest BCUT2D eigenvalue weighted by atomic mass is 10.2. The van der Waals surface area contributed by atoms with Crippen molar-refractivity contribution in [2.24, 2.45) is 0 Å². The van der Waals surface area contributed by atoms with Gasteiger partial charge in [0, 0.05) is 44.7 Å². The monoisotopic (exact) mass is 247 g/mol. The summed E-state index contributed by atoms with van der Waals surface area (Å²) in [4.78, 5) is 11.8. The van der Waals surface area contributed by atoms with Crippen LogP contribution in [0.4, 0.5) is 11.6 Å². The van der Waals surface area contributed by atoms with Gasteiger partial charge >= 0.3 is 0 Å². The normalized spacial score (nSPS) is 20.0. The molecular formula is C13H21N5. The summed E-state index contributed by atoms with van der Waals surface area (Å²) in [5, 5.41) is 6.59. The molecule has 2 heterocycles. The Hall–Kier alpha value is -1.36. The second kappa shape index (κ2) is 4.72. The molecule has 5 nitrogen and oxygen atoms in total. The largest absolute Gasteiger partial charge is 0.373 e. The van der Waals surface area contributed by atoms with E-state index >= 15 is 0 Å². The van der Waals surface area contributed by atoms with Crippen LogP contribution in [0.25, 0.3) is 0 Å². The molecule has 1 saturated heterocycles. The van der Waals surface area contributed by atoms with Gasteiger partial charge in [-0.1, -0.05) is 0 Å². The van der Waals surface area contributed by atoms with Gasteiger partial charge in [-0.15, -0.1) is 0 Å². The van der Waals surface area contributed by atoms with Crippen LogP contribution in [-0.4, -0.2) is 43.2 Å². The van der Waals surface area contributed by atoms with E-state index in [-0.39, 0.29) is 0 Å². The summed E-state index contributed by atoms with van der Waals surface area (Å²) in [5.41, 5.74) is 1.17. The lowest BCUT2D eigenvalue weighted by molar-refractivity contribution is 0.582. The zero-order valence-electron chi connectivity index (χ0n) is 11.2. The molecule has 98 valence electrons. The molecule has 0 spiro atoms. The Balaban J connectivity index is 1.97. The van der Waals surface area contributed by atoms with Crippen molar-refractivity contribution in [1.29, 1.82) is 0 Å². The molecule has 0 amide bonds. The van der Waals surface area contributed by atoms with E-state index in [9.17, 15) is 0 Å². The molecule has 3 rings (SSSR count). The van der Waals surface area contributed by atoms with Gasteiger partial charge in [0.05, 0.1) is 0 Å². The van der Waals surface area contributed by atoms with Crippen molar-refractivity contribution in [3.63, 3.8) is 0 Å². The van der Waals surface area contributed by atoms with E-state index in [2.05, 4.69) is 27.4 Å². The summed E-state index contributed by atoms with van der Waals surface area (Å²) < 4.78 is 0. The Morgan fingerprint density at radius 2 is 1.94 bits per heavy atom. The number of hydrogen-bond donors (Lipinski definition) is 2. The third-order valence-corrected chi connectivity index (χ3v) is 3.73. The molecule has 1 saturated carbocycles. The molecule has 0 radical (unpaired) electrons. The van der Waals surface area contributed by atoms with E-state index in [1.807, 2.05) is 7.05 Å². The Morgan fingerprint density at radius 1 is 1.22 bits per heavy atom. The Labute approximate surface area is 108 Å². The SMILES string of the molecule is CNc1nc(C2CC2)nc(N2CCNCC2)c1C. The molecule has 18 heavy (non-hydrogen) atoms. The van der Waals surface area contributed by atoms with Gasteiger partial charge in [-0.2, -0.15) is 0 Å². The molecule has 2 fully saturated rings. The van der Waals surface area contributed by atoms with E-state index < -0.39 is 0 Å². The fourth-order valence-corrected chi connectivity index (χ4v) is 2.47. The summed E-state index contributed by atoms with van der Waals surface area (Å²) in [5.74, 6) is 3.73. The van der Waals surface area contributed by atoms with E-state index in [1.54, 1.807) is 0 Å². The third-order valence-electron chi connectivity index (χ3n) is 3.73. The second-order valence-electron chi connectivity index (χ2n) is 5.14. The van der Waals surface area contributed by atoms with Crippen molar-refractivity contribution in [3.05, 3.63) is 11.4 Å². The highest BCUT2D eigenvalue weighted by atomic mass is 15.2. The molecule has 2 N–H and O–H groups in total. The van der Waals surface area contributed by atoms with Gasteiger partial charge in [-0.3, -0.25) is 0 Å². The molecule has 1 aliphatic heterocycles. The molecule has 1 aliphatic carbocycles. The molecule has 2 aliphatic rings. The van der Waals surface area contributed by atoms with Gasteiger partial charge in [-0.05, 0) is 19.8 Å². The number of anilines is 2. The maximum Gasteiger partial charge on any atom is 0.137 e. The predicted molar refractivity (Wildman–Crippen MR) is 73.4 cm³/mol. The number of piperazine rings is 1. The van der Waals surface area contributed by atoms with E-state index in [1.165, 1.54) is 18.4 Å². The Bertz CT molecular complexity index is 435. The molecule has 1 aromatic rings. The summed E-state index contributed by atoms with van der Waals surface area (Å²) in [7, 11) is 1.94. The minimum atomic E-state index is 0.597. The number of nitrogens with one attached hydrogen (secondary N) is 2. The topological polar surface area (TPSA) is 53.1 Å². The molecule has 5 heteroatoms. The van der Waals surface area contributed by atoms with Gasteiger partial charge in [0.1, 0.15) is 17.5 Å². The second-order valence-corrected chi connectivity index (χ2v) is 5.14. The standard InChI is InChI=1S/C13H21N5/c1-9-11(14-2)16-12(10-3-4-10)17-13(9)18-7-5-15-6-8-18/h10,15H,3-8H2,1-2H3,(H,14,16,17). The van der Waals surface area contributed by atoms with Crippen LogP contribution in [0.15, 0.2) is 0 Å². The smallest absolute Gasteiger partial charge is 0.137 e.